The van der Waals surface area contributed by atoms with Gasteiger partial charge in [0.05, 0.1) is 16.4 Å². The predicted molar refractivity (Wildman–Crippen MR) is 82.8 cm³/mol. The van der Waals surface area contributed by atoms with Crippen LogP contribution in [-0.2, 0) is 19.6 Å². The van der Waals surface area contributed by atoms with Gasteiger partial charge in [0.15, 0.2) is 0 Å². The first-order chi connectivity index (χ1) is 11.0. The summed E-state index contributed by atoms with van der Waals surface area (Å²) in [6, 6.07) is 3.31. The SMILES string of the molecule is CC(C(=O)O)N(C)C(=O)CN(C)S(=O)(=O)c1cccc([N+](=O)[O-])c1. The third-order valence-corrected chi connectivity index (χ3v) is 5.23. The van der Waals surface area contributed by atoms with E-state index in [1.54, 1.807) is 0 Å². The molecular weight excluding hydrogens is 342 g/mol. The number of nitrogens with zero attached hydrogens (tertiary/aromatic N) is 3. The van der Waals surface area contributed by atoms with Crippen LogP contribution in [0.1, 0.15) is 6.92 Å². The topological polar surface area (TPSA) is 138 Å². The number of benzene rings is 1. The second-order valence-electron chi connectivity index (χ2n) is 5.03. The number of hydrogen-bond acceptors (Lipinski definition) is 6. The molecule has 0 bridgehead atoms. The molecule has 1 unspecified atom stereocenters. The van der Waals surface area contributed by atoms with E-state index in [0.29, 0.717) is 4.31 Å². The summed E-state index contributed by atoms with van der Waals surface area (Å²) in [6.07, 6.45) is 0. The van der Waals surface area contributed by atoms with Gasteiger partial charge in [0.1, 0.15) is 6.04 Å². The Kier molecular flexibility index (Phi) is 5.99. The third kappa shape index (κ3) is 4.26. The van der Waals surface area contributed by atoms with Crippen molar-refractivity contribution in [3.8, 4) is 0 Å². The largest absolute Gasteiger partial charge is 0.480 e. The molecule has 10 nitrogen and oxygen atoms in total. The number of carbonyl (C=O) groups excluding carboxylic acids is 1. The van der Waals surface area contributed by atoms with Crippen LogP contribution in [0, 0.1) is 10.1 Å². The van der Waals surface area contributed by atoms with Gasteiger partial charge in [-0.3, -0.25) is 14.9 Å². The van der Waals surface area contributed by atoms with E-state index in [9.17, 15) is 28.1 Å². The Morgan fingerprint density at radius 2 is 1.92 bits per heavy atom. The molecular formula is C13H17N3O7S. The van der Waals surface area contributed by atoms with Gasteiger partial charge >= 0.3 is 5.97 Å². The standard InChI is InChI=1S/C13H17N3O7S/c1-9(13(18)19)15(3)12(17)8-14(2)24(22,23)11-6-4-5-10(7-11)16(20)21/h4-7,9H,8H2,1-3H3,(H,18,19). The van der Waals surface area contributed by atoms with E-state index in [1.165, 1.54) is 26.1 Å². The van der Waals surface area contributed by atoms with E-state index in [1.807, 2.05) is 0 Å². The number of rotatable bonds is 7. The lowest BCUT2D eigenvalue weighted by Gasteiger charge is -2.24. The minimum atomic E-state index is -4.14. The lowest BCUT2D eigenvalue weighted by Crippen LogP contribution is -2.45. The molecule has 1 rings (SSSR count). The average molecular weight is 359 g/mol. The lowest BCUT2D eigenvalue weighted by molar-refractivity contribution is -0.385. The van der Waals surface area contributed by atoms with E-state index >= 15 is 0 Å². The Bertz CT molecular complexity index is 763. The molecule has 0 saturated heterocycles. The number of carbonyl (C=O) groups is 2. The molecule has 1 amide bonds. The van der Waals surface area contributed by atoms with Gasteiger partial charge < -0.3 is 10.0 Å². The van der Waals surface area contributed by atoms with Crippen molar-refractivity contribution in [3.63, 3.8) is 0 Å². The van der Waals surface area contributed by atoms with Crippen LogP contribution in [0.4, 0.5) is 5.69 Å². The number of carboxylic acid groups (broad SMARTS) is 1. The number of carboxylic acids is 1. The van der Waals surface area contributed by atoms with E-state index in [0.717, 1.165) is 24.1 Å². The fourth-order valence-corrected chi connectivity index (χ4v) is 2.87. The fourth-order valence-electron chi connectivity index (χ4n) is 1.71. The molecule has 1 aromatic rings. The van der Waals surface area contributed by atoms with Crippen LogP contribution in [0.5, 0.6) is 0 Å². The molecule has 132 valence electrons. The van der Waals surface area contributed by atoms with Crippen molar-refractivity contribution in [2.75, 3.05) is 20.6 Å². The first-order valence-corrected chi connectivity index (χ1v) is 8.11. The smallest absolute Gasteiger partial charge is 0.326 e. The van der Waals surface area contributed by atoms with Crippen LogP contribution in [0.3, 0.4) is 0 Å². The van der Waals surface area contributed by atoms with E-state index in [2.05, 4.69) is 0 Å². The van der Waals surface area contributed by atoms with Crippen LogP contribution >= 0.6 is 0 Å². The van der Waals surface area contributed by atoms with E-state index < -0.39 is 45.1 Å². The molecule has 0 aliphatic rings. The number of non-ortho nitro benzene ring substituents is 1. The minimum absolute atomic E-state index is 0.332. The highest BCUT2D eigenvalue weighted by molar-refractivity contribution is 7.89. The first kappa shape index (κ1) is 19.5. The summed E-state index contributed by atoms with van der Waals surface area (Å²) >= 11 is 0. The Morgan fingerprint density at radius 3 is 2.42 bits per heavy atom. The van der Waals surface area contributed by atoms with Crippen LogP contribution in [0.15, 0.2) is 29.2 Å². The summed E-state index contributed by atoms with van der Waals surface area (Å²) in [4.78, 5) is 33.4. The van der Waals surface area contributed by atoms with Crippen molar-refractivity contribution in [1.29, 1.82) is 0 Å². The molecule has 1 N–H and O–H groups in total. The van der Waals surface area contributed by atoms with Gasteiger partial charge in [-0.15, -0.1) is 0 Å². The van der Waals surface area contributed by atoms with Gasteiger partial charge in [-0.25, -0.2) is 13.2 Å². The highest BCUT2D eigenvalue weighted by atomic mass is 32.2. The number of amides is 1. The lowest BCUT2D eigenvalue weighted by atomic mass is 10.3. The quantitative estimate of drug-likeness (QED) is 0.540. The van der Waals surface area contributed by atoms with E-state index in [4.69, 9.17) is 5.11 Å². The van der Waals surface area contributed by atoms with Crippen molar-refractivity contribution in [2.45, 2.75) is 17.9 Å². The van der Waals surface area contributed by atoms with Gasteiger partial charge in [-0.1, -0.05) is 6.07 Å². The molecule has 11 heteroatoms. The first-order valence-electron chi connectivity index (χ1n) is 6.67. The van der Waals surface area contributed by atoms with Gasteiger partial charge in [0.2, 0.25) is 15.9 Å². The Morgan fingerprint density at radius 1 is 1.33 bits per heavy atom. The zero-order valence-electron chi connectivity index (χ0n) is 13.2. The number of nitro benzene ring substituents is 1. The maximum absolute atomic E-state index is 12.4. The maximum atomic E-state index is 12.4. The predicted octanol–water partition coefficient (Wildman–Crippen LogP) is 0.147. The highest BCUT2D eigenvalue weighted by Gasteiger charge is 2.28. The number of hydrogen-bond donors (Lipinski definition) is 1. The summed E-state index contributed by atoms with van der Waals surface area (Å²) in [6.45, 7) is 0.689. The zero-order valence-corrected chi connectivity index (χ0v) is 14.1. The summed E-state index contributed by atoms with van der Waals surface area (Å²) in [5.41, 5.74) is -0.396. The molecule has 0 spiro atoms. The molecule has 1 aromatic carbocycles. The van der Waals surface area contributed by atoms with Crippen molar-refractivity contribution in [3.05, 3.63) is 34.4 Å². The minimum Gasteiger partial charge on any atom is -0.480 e. The second kappa shape index (κ2) is 7.36. The number of likely N-dealkylation sites (N-methyl/N-ethyl adjacent to an activating group) is 2. The second-order valence-corrected chi connectivity index (χ2v) is 7.08. The molecule has 0 aliphatic heterocycles. The third-order valence-electron chi connectivity index (χ3n) is 3.43. The molecule has 0 radical (unpaired) electrons. The summed E-state index contributed by atoms with van der Waals surface area (Å²) in [7, 11) is -1.76. The summed E-state index contributed by atoms with van der Waals surface area (Å²) < 4.78 is 25.5. The average Bonchev–Trinajstić information content (AvgIpc) is 2.53. The number of sulfonamides is 1. The van der Waals surface area contributed by atoms with Gasteiger partial charge in [-0.2, -0.15) is 4.31 Å². The van der Waals surface area contributed by atoms with Gasteiger partial charge in [0, 0.05) is 26.2 Å². The Labute approximate surface area is 138 Å². The Balaban J connectivity index is 2.99. The van der Waals surface area contributed by atoms with Crippen molar-refractivity contribution in [1.82, 2.24) is 9.21 Å². The summed E-state index contributed by atoms with van der Waals surface area (Å²) in [5, 5.41) is 19.6. The van der Waals surface area contributed by atoms with E-state index in [-0.39, 0.29) is 4.90 Å². The van der Waals surface area contributed by atoms with Crippen LogP contribution < -0.4 is 0 Å². The molecule has 0 fully saturated rings. The van der Waals surface area contributed by atoms with Crippen molar-refractivity contribution < 1.29 is 28.0 Å². The highest BCUT2D eigenvalue weighted by Crippen LogP contribution is 2.20. The molecule has 24 heavy (non-hydrogen) atoms. The van der Waals surface area contributed by atoms with Crippen molar-refractivity contribution >= 4 is 27.6 Å². The fraction of sp³-hybridized carbons (Fsp3) is 0.385. The molecule has 0 aromatic heterocycles. The number of nitro groups is 1. The zero-order chi connectivity index (χ0) is 18.7. The van der Waals surface area contributed by atoms with Crippen LogP contribution in [-0.4, -0.2) is 66.2 Å². The van der Waals surface area contributed by atoms with Crippen LogP contribution in [0.25, 0.3) is 0 Å². The molecule has 0 aliphatic carbocycles. The van der Waals surface area contributed by atoms with Gasteiger partial charge in [0.25, 0.3) is 5.69 Å². The van der Waals surface area contributed by atoms with Gasteiger partial charge in [-0.05, 0) is 13.0 Å². The molecule has 1 atom stereocenters. The molecule has 0 saturated carbocycles. The van der Waals surface area contributed by atoms with Crippen LogP contribution in [0.2, 0.25) is 0 Å². The van der Waals surface area contributed by atoms with Crippen molar-refractivity contribution in [2.24, 2.45) is 0 Å². The number of aliphatic carboxylic acids is 1. The Hall–Kier alpha value is -2.53. The normalized spacial score (nSPS) is 12.7. The monoisotopic (exact) mass is 359 g/mol. The maximum Gasteiger partial charge on any atom is 0.326 e. The molecule has 0 heterocycles. The summed E-state index contributed by atoms with van der Waals surface area (Å²) in [5.74, 6) is -1.95.